The summed E-state index contributed by atoms with van der Waals surface area (Å²) in [4.78, 5) is 6.92. The Morgan fingerprint density at radius 1 is 1.20 bits per heavy atom. The van der Waals surface area contributed by atoms with Gasteiger partial charge in [-0.25, -0.2) is 0 Å². The number of morpholine rings is 1. The molecule has 2 rings (SSSR count). The minimum absolute atomic E-state index is 0. The van der Waals surface area contributed by atoms with E-state index in [0.717, 1.165) is 62.3 Å². The molecule has 0 radical (unpaired) electrons. The molecule has 1 aliphatic rings. The first-order valence-corrected chi connectivity index (χ1v) is 10.6. The van der Waals surface area contributed by atoms with Gasteiger partial charge in [-0.05, 0) is 37.0 Å². The molecule has 1 unspecified atom stereocenters. The minimum atomic E-state index is 0. The molecule has 0 bridgehead atoms. The molecular weight excluding hydrogens is 495 g/mol. The maximum Gasteiger partial charge on any atom is 0.191 e. The van der Waals surface area contributed by atoms with Crippen LogP contribution in [0.25, 0.3) is 0 Å². The van der Waals surface area contributed by atoms with Crippen molar-refractivity contribution in [1.29, 1.82) is 0 Å². The Morgan fingerprint density at radius 3 is 2.53 bits per heavy atom. The van der Waals surface area contributed by atoms with Gasteiger partial charge in [0.25, 0.3) is 0 Å². The molecule has 0 aromatic heterocycles. The van der Waals surface area contributed by atoms with Gasteiger partial charge in [0.05, 0.1) is 26.9 Å². The van der Waals surface area contributed by atoms with Crippen LogP contribution in [0.2, 0.25) is 0 Å². The molecule has 7 nitrogen and oxygen atoms in total. The summed E-state index contributed by atoms with van der Waals surface area (Å²) in [5.74, 6) is 2.97. The van der Waals surface area contributed by atoms with Gasteiger partial charge in [-0.15, -0.1) is 24.0 Å². The van der Waals surface area contributed by atoms with Crippen molar-refractivity contribution < 1.29 is 14.2 Å². The van der Waals surface area contributed by atoms with E-state index in [1.165, 1.54) is 0 Å². The zero-order valence-electron chi connectivity index (χ0n) is 19.1. The predicted molar refractivity (Wildman–Crippen MR) is 133 cm³/mol. The van der Waals surface area contributed by atoms with Crippen LogP contribution in [-0.4, -0.2) is 70.5 Å². The lowest BCUT2D eigenvalue weighted by Gasteiger charge is -2.35. The second kappa shape index (κ2) is 14.7. The van der Waals surface area contributed by atoms with Crippen molar-refractivity contribution in [2.45, 2.75) is 39.8 Å². The maximum absolute atomic E-state index is 5.67. The highest BCUT2D eigenvalue weighted by atomic mass is 127. The van der Waals surface area contributed by atoms with E-state index in [9.17, 15) is 0 Å². The fourth-order valence-electron chi connectivity index (χ4n) is 3.57. The summed E-state index contributed by atoms with van der Waals surface area (Å²) < 4.78 is 16.5. The monoisotopic (exact) mass is 534 g/mol. The van der Waals surface area contributed by atoms with Gasteiger partial charge in [0, 0.05) is 39.3 Å². The zero-order valence-corrected chi connectivity index (χ0v) is 21.4. The lowest BCUT2D eigenvalue weighted by Crippen LogP contribution is -2.50. The lowest BCUT2D eigenvalue weighted by molar-refractivity contribution is 0.0132. The van der Waals surface area contributed by atoms with Gasteiger partial charge in [-0.3, -0.25) is 9.89 Å². The fourth-order valence-corrected chi connectivity index (χ4v) is 3.57. The predicted octanol–water partition coefficient (Wildman–Crippen LogP) is 3.12. The highest BCUT2D eigenvalue weighted by Crippen LogP contribution is 2.27. The highest BCUT2D eigenvalue weighted by molar-refractivity contribution is 14.0. The summed E-state index contributed by atoms with van der Waals surface area (Å²) in [6.07, 6.45) is 1.15. The third kappa shape index (κ3) is 8.85. The second-order valence-corrected chi connectivity index (χ2v) is 7.66. The number of hydrogen-bond acceptors (Lipinski definition) is 5. The number of nitrogens with zero attached hydrogens (tertiary/aromatic N) is 2. The number of hydrogen-bond donors (Lipinski definition) is 2. The molecule has 172 valence electrons. The van der Waals surface area contributed by atoms with Gasteiger partial charge >= 0.3 is 0 Å². The number of guanidine groups is 1. The van der Waals surface area contributed by atoms with Gasteiger partial charge in [0.15, 0.2) is 17.5 Å². The standard InChI is InChI=1S/C22H38N4O3.HI/c1-6-29-21-14-18(7-8-20(21)27-5)15-24-22(23-4)25-16-19(13-17(2)3)26-9-11-28-12-10-26;/h7-8,14,17,19H,6,9-13,15-16H2,1-5H3,(H2,23,24,25);1H. The van der Waals surface area contributed by atoms with E-state index in [2.05, 4.69) is 34.4 Å². The van der Waals surface area contributed by atoms with Crippen LogP contribution >= 0.6 is 24.0 Å². The van der Waals surface area contributed by atoms with E-state index < -0.39 is 0 Å². The van der Waals surface area contributed by atoms with Crippen LogP contribution in [0.3, 0.4) is 0 Å². The molecule has 30 heavy (non-hydrogen) atoms. The highest BCUT2D eigenvalue weighted by Gasteiger charge is 2.22. The van der Waals surface area contributed by atoms with Gasteiger partial charge in [0.2, 0.25) is 0 Å². The van der Waals surface area contributed by atoms with Crippen molar-refractivity contribution in [1.82, 2.24) is 15.5 Å². The number of methoxy groups -OCH3 is 1. The Bertz CT molecular complexity index is 637. The van der Waals surface area contributed by atoms with E-state index in [1.807, 2.05) is 25.1 Å². The average molecular weight is 534 g/mol. The lowest BCUT2D eigenvalue weighted by atomic mass is 10.0. The molecule has 1 aromatic carbocycles. The average Bonchev–Trinajstić information content (AvgIpc) is 2.73. The van der Waals surface area contributed by atoms with Crippen LogP contribution in [0.15, 0.2) is 23.2 Å². The van der Waals surface area contributed by atoms with E-state index in [0.29, 0.717) is 25.1 Å². The SMILES string of the molecule is CCOc1cc(CNC(=NC)NCC(CC(C)C)N2CCOCC2)ccc1OC.I. The van der Waals surface area contributed by atoms with E-state index >= 15 is 0 Å². The molecule has 1 saturated heterocycles. The fraction of sp³-hybridized carbons (Fsp3) is 0.682. The van der Waals surface area contributed by atoms with Gasteiger partial charge in [0.1, 0.15) is 0 Å². The van der Waals surface area contributed by atoms with Crippen LogP contribution in [-0.2, 0) is 11.3 Å². The third-order valence-corrected chi connectivity index (χ3v) is 5.02. The molecule has 8 heteroatoms. The molecule has 1 heterocycles. The smallest absolute Gasteiger partial charge is 0.191 e. The summed E-state index contributed by atoms with van der Waals surface area (Å²) in [5, 5.41) is 6.91. The minimum Gasteiger partial charge on any atom is -0.493 e. The number of halogens is 1. The number of aliphatic imine (C=N–C) groups is 1. The van der Waals surface area contributed by atoms with Crippen molar-refractivity contribution >= 4 is 29.9 Å². The van der Waals surface area contributed by atoms with Crippen molar-refractivity contribution in [3.8, 4) is 11.5 Å². The number of nitrogens with one attached hydrogen (secondary N) is 2. The van der Waals surface area contributed by atoms with E-state index in [-0.39, 0.29) is 24.0 Å². The second-order valence-electron chi connectivity index (χ2n) is 7.66. The van der Waals surface area contributed by atoms with E-state index in [1.54, 1.807) is 14.2 Å². The molecule has 2 N–H and O–H groups in total. The molecule has 0 aliphatic carbocycles. The summed E-state index contributed by atoms with van der Waals surface area (Å²) in [5.41, 5.74) is 1.11. The molecule has 1 atom stereocenters. The molecule has 1 aromatic rings. The first kappa shape index (κ1) is 26.8. The first-order valence-electron chi connectivity index (χ1n) is 10.6. The van der Waals surface area contributed by atoms with E-state index in [4.69, 9.17) is 14.2 Å². The van der Waals surface area contributed by atoms with Crippen molar-refractivity contribution in [2.75, 3.05) is 53.6 Å². The first-order chi connectivity index (χ1) is 14.1. The molecule has 1 aliphatic heterocycles. The molecule has 1 fully saturated rings. The van der Waals surface area contributed by atoms with Crippen molar-refractivity contribution in [3.63, 3.8) is 0 Å². The van der Waals surface area contributed by atoms with Crippen LogP contribution in [0.1, 0.15) is 32.8 Å². The Morgan fingerprint density at radius 2 is 1.93 bits per heavy atom. The quantitative estimate of drug-likeness (QED) is 0.273. The van der Waals surface area contributed by atoms with Gasteiger partial charge in [-0.1, -0.05) is 19.9 Å². The van der Waals surface area contributed by atoms with Crippen LogP contribution < -0.4 is 20.1 Å². The Hall–Kier alpha value is -1.26. The van der Waals surface area contributed by atoms with Gasteiger partial charge < -0.3 is 24.8 Å². The molecule has 0 spiro atoms. The topological polar surface area (TPSA) is 67.4 Å². The van der Waals surface area contributed by atoms with Crippen LogP contribution in [0, 0.1) is 5.92 Å². The Kier molecular flexibility index (Phi) is 13.1. The van der Waals surface area contributed by atoms with Crippen molar-refractivity contribution in [2.24, 2.45) is 10.9 Å². The van der Waals surface area contributed by atoms with Crippen LogP contribution in [0.4, 0.5) is 0 Å². The summed E-state index contributed by atoms with van der Waals surface area (Å²) in [7, 11) is 3.46. The number of rotatable bonds is 10. The van der Waals surface area contributed by atoms with Crippen molar-refractivity contribution in [3.05, 3.63) is 23.8 Å². The number of benzene rings is 1. The Labute approximate surface area is 199 Å². The van der Waals surface area contributed by atoms with Gasteiger partial charge in [-0.2, -0.15) is 0 Å². The molecule has 0 amide bonds. The summed E-state index contributed by atoms with van der Waals surface area (Å²) in [6, 6.07) is 6.47. The summed E-state index contributed by atoms with van der Waals surface area (Å²) >= 11 is 0. The number of ether oxygens (including phenoxy) is 3. The van der Waals surface area contributed by atoms with Crippen LogP contribution in [0.5, 0.6) is 11.5 Å². The zero-order chi connectivity index (χ0) is 21.1. The normalized spacial score (nSPS) is 16.0. The molecular formula is C22H39IN4O3. The third-order valence-electron chi connectivity index (χ3n) is 5.02. The Balaban J connectivity index is 0.00000450. The summed E-state index contributed by atoms with van der Waals surface area (Å²) in [6.45, 7) is 12.3. The maximum atomic E-state index is 5.67. The largest absolute Gasteiger partial charge is 0.493 e. The molecule has 0 saturated carbocycles.